The molecule has 0 atom stereocenters. The number of ether oxygens (including phenoxy) is 2. The van der Waals surface area contributed by atoms with Gasteiger partial charge in [0, 0.05) is 43.3 Å². The van der Waals surface area contributed by atoms with Crippen molar-refractivity contribution in [3.05, 3.63) is 59.7 Å². The third-order valence-corrected chi connectivity index (χ3v) is 6.64. The first-order chi connectivity index (χ1) is 17.1. The summed E-state index contributed by atoms with van der Waals surface area (Å²) in [6.45, 7) is 2.33. The number of benzene rings is 2. The maximum Gasteiger partial charge on any atom is 0.406 e. The number of amides is 3. The molecule has 35 heavy (non-hydrogen) atoms. The second-order valence-electron chi connectivity index (χ2n) is 8.91. The molecule has 0 unspecified atom stereocenters. The summed E-state index contributed by atoms with van der Waals surface area (Å²) in [4.78, 5) is 40.6. The van der Waals surface area contributed by atoms with E-state index in [1.807, 2.05) is 40.1 Å². The van der Waals surface area contributed by atoms with Crippen molar-refractivity contribution >= 4 is 23.6 Å². The van der Waals surface area contributed by atoms with Crippen molar-refractivity contribution in [2.75, 3.05) is 38.3 Å². The summed E-state index contributed by atoms with van der Waals surface area (Å²) >= 11 is 0. The number of carbonyl (C=O) groups excluding carboxylic acids is 3. The van der Waals surface area contributed by atoms with Gasteiger partial charge in [-0.25, -0.2) is 4.79 Å². The third kappa shape index (κ3) is 6.12. The smallest absolute Gasteiger partial charge is 0.406 e. The van der Waals surface area contributed by atoms with Crippen molar-refractivity contribution in [2.24, 2.45) is 0 Å². The molecular formula is C27H33N3O5. The standard InChI is InChI=1S/C27H33N3O5/c1-34-27(33)28-16-4-5-19-35-23-11-8-21(9-12-23)26(32)29-17-14-22(15-18-29)30-24-7-3-2-6-20(24)10-13-25(30)31/h2-3,6-9,11-12,22H,4-5,10,13-19H2,1H3,(H,28,33). The Kier molecular flexibility index (Phi) is 8.23. The van der Waals surface area contributed by atoms with Crippen LogP contribution in [0.1, 0.15) is 48.0 Å². The van der Waals surface area contributed by atoms with Crippen molar-refractivity contribution in [2.45, 2.75) is 44.6 Å². The minimum Gasteiger partial charge on any atom is -0.494 e. The van der Waals surface area contributed by atoms with Gasteiger partial charge in [0.15, 0.2) is 0 Å². The lowest BCUT2D eigenvalue weighted by Crippen LogP contribution is -2.50. The van der Waals surface area contributed by atoms with Gasteiger partial charge in [-0.05, 0) is 68.0 Å². The van der Waals surface area contributed by atoms with Crippen LogP contribution >= 0.6 is 0 Å². The molecule has 1 saturated heterocycles. The van der Waals surface area contributed by atoms with E-state index in [1.54, 1.807) is 12.1 Å². The monoisotopic (exact) mass is 479 g/mol. The molecule has 2 aliphatic heterocycles. The Balaban J connectivity index is 1.24. The van der Waals surface area contributed by atoms with E-state index in [0.29, 0.717) is 44.0 Å². The van der Waals surface area contributed by atoms with Crippen molar-refractivity contribution < 1.29 is 23.9 Å². The number of piperidine rings is 1. The van der Waals surface area contributed by atoms with Crippen LogP contribution in [0.5, 0.6) is 5.75 Å². The summed E-state index contributed by atoms with van der Waals surface area (Å²) in [7, 11) is 1.34. The Morgan fingerprint density at radius 3 is 2.49 bits per heavy atom. The minimum absolute atomic E-state index is 0.00857. The van der Waals surface area contributed by atoms with Gasteiger partial charge in [0.05, 0.1) is 13.7 Å². The van der Waals surface area contributed by atoms with E-state index in [9.17, 15) is 14.4 Å². The molecule has 0 aromatic heterocycles. The first-order valence-electron chi connectivity index (χ1n) is 12.3. The Hall–Kier alpha value is -3.55. The molecule has 1 N–H and O–H groups in total. The van der Waals surface area contributed by atoms with Gasteiger partial charge in [0.2, 0.25) is 5.91 Å². The van der Waals surface area contributed by atoms with Crippen LogP contribution in [0, 0.1) is 0 Å². The van der Waals surface area contributed by atoms with E-state index in [-0.39, 0.29) is 17.9 Å². The molecule has 186 valence electrons. The van der Waals surface area contributed by atoms with E-state index >= 15 is 0 Å². The van der Waals surface area contributed by atoms with E-state index in [1.165, 1.54) is 12.7 Å². The zero-order chi connectivity index (χ0) is 24.6. The molecule has 8 nitrogen and oxygen atoms in total. The number of aryl methyl sites for hydroxylation is 1. The largest absolute Gasteiger partial charge is 0.494 e. The highest BCUT2D eigenvalue weighted by molar-refractivity contribution is 5.97. The molecular weight excluding hydrogens is 446 g/mol. The van der Waals surface area contributed by atoms with Gasteiger partial charge in [-0.1, -0.05) is 18.2 Å². The Labute approximate surface area is 206 Å². The Bertz CT molecular complexity index is 1030. The van der Waals surface area contributed by atoms with E-state index < -0.39 is 6.09 Å². The van der Waals surface area contributed by atoms with Gasteiger partial charge >= 0.3 is 6.09 Å². The van der Waals surface area contributed by atoms with Crippen LogP contribution in [0.3, 0.4) is 0 Å². The summed E-state index contributed by atoms with van der Waals surface area (Å²) in [6.07, 6.45) is 4.06. The number of nitrogens with zero attached hydrogens (tertiary/aromatic N) is 2. The fourth-order valence-electron chi connectivity index (χ4n) is 4.74. The summed E-state index contributed by atoms with van der Waals surface area (Å²) in [6, 6.07) is 15.5. The molecule has 3 amide bonds. The lowest BCUT2D eigenvalue weighted by molar-refractivity contribution is -0.119. The SMILES string of the molecule is COC(=O)NCCCCOc1ccc(C(=O)N2CCC(N3C(=O)CCc4ccccc43)CC2)cc1. The van der Waals surface area contributed by atoms with E-state index in [4.69, 9.17) is 4.74 Å². The molecule has 2 aliphatic rings. The number of rotatable bonds is 8. The number of fused-ring (bicyclic) bond motifs is 1. The zero-order valence-corrected chi connectivity index (χ0v) is 20.2. The second kappa shape index (κ2) is 11.7. The average molecular weight is 480 g/mol. The van der Waals surface area contributed by atoms with Crippen molar-refractivity contribution in [3.8, 4) is 5.75 Å². The van der Waals surface area contributed by atoms with Gasteiger partial charge in [-0.2, -0.15) is 0 Å². The maximum atomic E-state index is 13.0. The molecule has 0 saturated carbocycles. The molecule has 1 fully saturated rings. The van der Waals surface area contributed by atoms with Crippen LogP contribution in [0.25, 0.3) is 0 Å². The predicted octanol–water partition coefficient (Wildman–Crippen LogP) is 3.79. The van der Waals surface area contributed by atoms with Crippen molar-refractivity contribution in [3.63, 3.8) is 0 Å². The number of hydrogen-bond donors (Lipinski definition) is 1. The zero-order valence-electron chi connectivity index (χ0n) is 20.2. The number of para-hydroxylation sites is 1. The highest BCUT2D eigenvalue weighted by Crippen LogP contribution is 2.32. The Morgan fingerprint density at radius 1 is 1.00 bits per heavy atom. The predicted molar refractivity (Wildman–Crippen MR) is 133 cm³/mol. The summed E-state index contributed by atoms with van der Waals surface area (Å²) < 4.78 is 10.3. The summed E-state index contributed by atoms with van der Waals surface area (Å²) in [5.74, 6) is 0.904. The van der Waals surface area contributed by atoms with Crippen LogP contribution in [0.4, 0.5) is 10.5 Å². The third-order valence-electron chi connectivity index (χ3n) is 6.64. The molecule has 0 radical (unpaired) electrons. The average Bonchev–Trinajstić information content (AvgIpc) is 2.90. The topological polar surface area (TPSA) is 88.2 Å². The van der Waals surface area contributed by atoms with Crippen molar-refractivity contribution in [1.29, 1.82) is 0 Å². The number of anilines is 1. The highest BCUT2D eigenvalue weighted by atomic mass is 16.5. The van der Waals surface area contributed by atoms with Gasteiger partial charge in [0.1, 0.15) is 5.75 Å². The minimum atomic E-state index is -0.430. The van der Waals surface area contributed by atoms with Gasteiger partial charge in [-0.3, -0.25) is 9.59 Å². The Morgan fingerprint density at radius 2 is 1.74 bits per heavy atom. The number of alkyl carbamates (subject to hydrolysis) is 1. The number of nitrogens with one attached hydrogen (secondary N) is 1. The molecule has 0 aliphatic carbocycles. The first kappa shape index (κ1) is 24.6. The van der Waals surface area contributed by atoms with Gasteiger partial charge in [-0.15, -0.1) is 0 Å². The molecule has 0 spiro atoms. The molecule has 0 bridgehead atoms. The van der Waals surface area contributed by atoms with Crippen LogP contribution in [0.2, 0.25) is 0 Å². The number of likely N-dealkylation sites (tertiary alicyclic amines) is 1. The van der Waals surface area contributed by atoms with Crippen LogP contribution in [-0.2, 0) is 16.0 Å². The normalized spacial score (nSPS) is 16.0. The molecule has 2 aromatic carbocycles. The summed E-state index contributed by atoms with van der Waals surface area (Å²) in [5.41, 5.74) is 2.90. The van der Waals surface area contributed by atoms with Gasteiger partial charge < -0.3 is 24.6 Å². The fraction of sp³-hybridized carbons (Fsp3) is 0.444. The molecule has 2 aromatic rings. The molecule has 8 heteroatoms. The molecule has 4 rings (SSSR count). The van der Waals surface area contributed by atoms with Crippen LogP contribution < -0.4 is 15.0 Å². The number of methoxy groups -OCH3 is 1. The highest BCUT2D eigenvalue weighted by Gasteiger charge is 2.33. The number of carbonyl (C=O) groups is 3. The first-order valence-corrected chi connectivity index (χ1v) is 12.3. The van der Waals surface area contributed by atoms with Crippen LogP contribution in [0.15, 0.2) is 48.5 Å². The molecule has 2 heterocycles. The quantitative estimate of drug-likeness (QED) is 0.582. The number of unbranched alkanes of at least 4 members (excludes halogenated alkanes) is 1. The van der Waals surface area contributed by atoms with Crippen molar-refractivity contribution in [1.82, 2.24) is 10.2 Å². The lowest BCUT2D eigenvalue weighted by atomic mass is 9.95. The number of hydrogen-bond acceptors (Lipinski definition) is 5. The van der Waals surface area contributed by atoms with E-state index in [0.717, 1.165) is 37.8 Å². The summed E-state index contributed by atoms with van der Waals surface area (Å²) in [5, 5.41) is 2.63. The fourth-order valence-corrected chi connectivity index (χ4v) is 4.74. The second-order valence-corrected chi connectivity index (χ2v) is 8.91. The maximum absolute atomic E-state index is 13.0. The van der Waals surface area contributed by atoms with Gasteiger partial charge in [0.25, 0.3) is 5.91 Å². The van der Waals surface area contributed by atoms with E-state index in [2.05, 4.69) is 16.1 Å². The van der Waals surface area contributed by atoms with Crippen LogP contribution in [-0.4, -0.2) is 62.2 Å². The lowest BCUT2D eigenvalue weighted by Gasteiger charge is -2.41.